The first kappa shape index (κ1) is 29.7. The SMILES string of the molecule is CCOP(=O)(C[C@@H](CC(=O)CC(=O)N[C@@H](C)c1ccccc1)O[Si](C)(C)C(C)(C)C)OCC. The summed E-state index contributed by atoms with van der Waals surface area (Å²) in [5.41, 5.74) is 0.965. The number of ketones is 1. The molecule has 0 bridgehead atoms. The van der Waals surface area contributed by atoms with Gasteiger partial charge in [0.15, 0.2) is 8.32 Å². The van der Waals surface area contributed by atoms with Crippen molar-refractivity contribution in [2.75, 3.05) is 19.4 Å². The first-order valence-corrected chi connectivity index (χ1v) is 16.3. The maximum absolute atomic E-state index is 13.2. The van der Waals surface area contributed by atoms with Gasteiger partial charge in [0, 0.05) is 6.42 Å². The number of carbonyl (C=O) groups is 2. The van der Waals surface area contributed by atoms with Gasteiger partial charge in [-0.05, 0) is 44.5 Å². The molecule has 0 aliphatic carbocycles. The van der Waals surface area contributed by atoms with Gasteiger partial charge in [-0.15, -0.1) is 0 Å². The van der Waals surface area contributed by atoms with Gasteiger partial charge >= 0.3 is 7.60 Å². The molecule has 0 fully saturated rings. The summed E-state index contributed by atoms with van der Waals surface area (Å²) in [4.78, 5) is 25.3. The van der Waals surface area contributed by atoms with Crippen LogP contribution in [0.5, 0.6) is 0 Å². The molecule has 0 spiro atoms. The Hall–Kier alpha value is -1.31. The van der Waals surface area contributed by atoms with E-state index in [2.05, 4.69) is 39.2 Å². The van der Waals surface area contributed by atoms with Crippen molar-refractivity contribution in [2.24, 2.45) is 0 Å². The van der Waals surface area contributed by atoms with Crippen LogP contribution in [0.15, 0.2) is 30.3 Å². The number of hydrogen-bond donors (Lipinski definition) is 1. The van der Waals surface area contributed by atoms with Gasteiger partial charge in [-0.1, -0.05) is 51.1 Å². The number of nitrogens with one attached hydrogen (secondary N) is 1. The van der Waals surface area contributed by atoms with E-state index in [1.54, 1.807) is 13.8 Å². The van der Waals surface area contributed by atoms with Crippen LogP contribution in [0.3, 0.4) is 0 Å². The number of hydrogen-bond acceptors (Lipinski definition) is 6. The van der Waals surface area contributed by atoms with Crippen LogP contribution in [0.2, 0.25) is 18.1 Å². The topological polar surface area (TPSA) is 90.9 Å². The number of carbonyl (C=O) groups excluding carboxylic acids is 2. The maximum Gasteiger partial charge on any atom is 0.333 e. The second-order valence-corrected chi connectivity index (χ2v) is 16.6. The molecule has 2 atom stereocenters. The predicted octanol–water partition coefficient (Wildman–Crippen LogP) is 5.87. The summed E-state index contributed by atoms with van der Waals surface area (Å²) in [5, 5.41) is 2.77. The van der Waals surface area contributed by atoms with Crippen LogP contribution in [0, 0.1) is 0 Å². The fourth-order valence-corrected chi connectivity index (χ4v) is 6.41. The Morgan fingerprint density at radius 2 is 1.61 bits per heavy atom. The van der Waals surface area contributed by atoms with Crippen molar-refractivity contribution in [1.29, 1.82) is 0 Å². The highest BCUT2D eigenvalue weighted by Crippen LogP contribution is 2.50. The standard InChI is InChI=1S/C24H42NO6PSi/c1-9-29-32(28,30-10-2)18-22(31-33(7,8)24(4,5)6)16-21(26)17-23(27)25-19(3)20-14-12-11-13-15-20/h11-15,19,22H,9-10,16-18H2,1-8H3,(H,25,27)/t19-,22+/m0/s1. The van der Waals surface area contributed by atoms with E-state index in [9.17, 15) is 14.2 Å². The fourth-order valence-electron chi connectivity index (χ4n) is 3.15. The molecule has 188 valence electrons. The van der Waals surface area contributed by atoms with Crippen molar-refractivity contribution in [3.05, 3.63) is 35.9 Å². The molecular weight excluding hydrogens is 457 g/mol. The average molecular weight is 500 g/mol. The zero-order chi connectivity index (χ0) is 25.3. The lowest BCUT2D eigenvalue weighted by Gasteiger charge is -2.39. The third kappa shape index (κ3) is 10.2. The highest BCUT2D eigenvalue weighted by atomic mass is 31.2. The van der Waals surface area contributed by atoms with E-state index in [1.807, 2.05) is 37.3 Å². The third-order valence-corrected chi connectivity index (χ3v) is 12.5. The maximum atomic E-state index is 13.2. The van der Waals surface area contributed by atoms with Crippen molar-refractivity contribution in [2.45, 2.75) is 84.7 Å². The summed E-state index contributed by atoms with van der Waals surface area (Å²) in [7, 11) is -5.70. The molecule has 0 aromatic heterocycles. The Labute approximate surface area is 200 Å². The summed E-state index contributed by atoms with van der Waals surface area (Å²) in [6, 6.07) is 9.36. The van der Waals surface area contributed by atoms with Crippen molar-refractivity contribution in [3.8, 4) is 0 Å². The van der Waals surface area contributed by atoms with E-state index < -0.39 is 22.0 Å². The Morgan fingerprint density at radius 3 is 2.09 bits per heavy atom. The summed E-state index contributed by atoms with van der Waals surface area (Å²) < 4.78 is 30.5. The second-order valence-electron chi connectivity index (χ2n) is 9.75. The lowest BCUT2D eigenvalue weighted by Crippen LogP contribution is -2.45. The van der Waals surface area contributed by atoms with Crippen molar-refractivity contribution >= 4 is 27.6 Å². The molecular formula is C24H42NO6PSi. The molecule has 1 rings (SSSR count). The molecule has 1 aromatic rings. The molecule has 0 unspecified atom stereocenters. The van der Waals surface area contributed by atoms with Gasteiger partial charge in [0.05, 0.1) is 37.9 Å². The molecule has 9 heteroatoms. The van der Waals surface area contributed by atoms with E-state index in [0.29, 0.717) is 0 Å². The molecule has 1 amide bonds. The van der Waals surface area contributed by atoms with Crippen molar-refractivity contribution in [3.63, 3.8) is 0 Å². The van der Waals surface area contributed by atoms with Crippen LogP contribution in [0.25, 0.3) is 0 Å². The monoisotopic (exact) mass is 499 g/mol. The van der Waals surface area contributed by atoms with Gasteiger partial charge in [-0.2, -0.15) is 0 Å². The van der Waals surface area contributed by atoms with Crippen LogP contribution < -0.4 is 5.32 Å². The van der Waals surface area contributed by atoms with E-state index in [1.165, 1.54) is 0 Å². The van der Waals surface area contributed by atoms with E-state index in [4.69, 9.17) is 13.5 Å². The largest absolute Gasteiger partial charge is 0.413 e. The summed E-state index contributed by atoms with van der Waals surface area (Å²) >= 11 is 0. The first-order valence-electron chi connectivity index (χ1n) is 11.6. The van der Waals surface area contributed by atoms with Crippen molar-refractivity contribution < 1.29 is 27.6 Å². The van der Waals surface area contributed by atoms with Crippen LogP contribution in [0.1, 0.15) is 66.0 Å². The van der Waals surface area contributed by atoms with Crippen molar-refractivity contribution in [1.82, 2.24) is 5.32 Å². The Balaban J connectivity index is 2.91. The third-order valence-electron chi connectivity index (χ3n) is 5.84. The van der Waals surface area contributed by atoms with Crippen LogP contribution in [-0.4, -0.2) is 45.5 Å². The molecule has 0 aliphatic heterocycles. The number of Topliss-reactive ketones (excluding diaryl/α,β-unsaturated/α-hetero) is 1. The van der Waals surface area contributed by atoms with E-state index in [-0.39, 0.29) is 55.0 Å². The highest BCUT2D eigenvalue weighted by molar-refractivity contribution is 7.53. The molecule has 0 radical (unpaired) electrons. The molecule has 33 heavy (non-hydrogen) atoms. The van der Waals surface area contributed by atoms with Crippen LogP contribution in [-0.2, 0) is 27.6 Å². The molecule has 1 aromatic carbocycles. The minimum Gasteiger partial charge on any atom is -0.413 e. The summed E-state index contributed by atoms with van der Waals surface area (Å²) in [5.74, 6) is -0.615. The smallest absolute Gasteiger partial charge is 0.333 e. The number of benzene rings is 1. The second kappa shape index (κ2) is 13.0. The zero-order valence-electron chi connectivity index (χ0n) is 21.5. The molecule has 0 saturated heterocycles. The number of rotatable bonds is 14. The fraction of sp³-hybridized carbons (Fsp3) is 0.667. The summed E-state index contributed by atoms with van der Waals surface area (Å²) in [6.07, 6.45) is -0.956. The van der Waals surface area contributed by atoms with Crippen LogP contribution >= 0.6 is 7.60 Å². The molecule has 7 nitrogen and oxygen atoms in total. The minimum atomic E-state index is -3.42. The Kier molecular flexibility index (Phi) is 11.7. The van der Waals surface area contributed by atoms with E-state index in [0.717, 1.165) is 5.56 Å². The zero-order valence-corrected chi connectivity index (χ0v) is 23.4. The lowest BCUT2D eigenvalue weighted by molar-refractivity contribution is -0.129. The molecule has 0 heterocycles. The molecule has 0 saturated carbocycles. The van der Waals surface area contributed by atoms with Gasteiger partial charge in [0.2, 0.25) is 5.91 Å². The molecule has 1 N–H and O–H groups in total. The highest BCUT2D eigenvalue weighted by Gasteiger charge is 2.41. The van der Waals surface area contributed by atoms with Gasteiger partial charge in [-0.3, -0.25) is 14.2 Å². The lowest BCUT2D eigenvalue weighted by atomic mass is 10.1. The van der Waals surface area contributed by atoms with Gasteiger partial charge < -0.3 is 18.8 Å². The van der Waals surface area contributed by atoms with Gasteiger partial charge in [-0.25, -0.2) is 0 Å². The van der Waals surface area contributed by atoms with Gasteiger partial charge in [0.25, 0.3) is 0 Å². The first-order chi connectivity index (χ1) is 15.2. The van der Waals surface area contributed by atoms with Crippen LogP contribution in [0.4, 0.5) is 0 Å². The normalized spacial score (nSPS) is 14.5. The Bertz CT molecular complexity index is 799. The Morgan fingerprint density at radius 1 is 1.06 bits per heavy atom. The summed E-state index contributed by atoms with van der Waals surface area (Å²) in [6.45, 7) is 16.3. The molecule has 0 aliphatic rings. The number of amides is 1. The predicted molar refractivity (Wildman–Crippen MR) is 135 cm³/mol. The van der Waals surface area contributed by atoms with E-state index >= 15 is 0 Å². The minimum absolute atomic E-state index is 0.0189. The average Bonchev–Trinajstić information content (AvgIpc) is 2.67. The quantitative estimate of drug-likeness (QED) is 0.196. The van der Waals surface area contributed by atoms with Gasteiger partial charge in [0.1, 0.15) is 5.78 Å².